The van der Waals surface area contributed by atoms with Crippen LogP contribution in [0.15, 0.2) is 35.5 Å². The third-order valence-corrected chi connectivity index (χ3v) is 3.64. The summed E-state index contributed by atoms with van der Waals surface area (Å²) < 4.78 is 4.74. The van der Waals surface area contributed by atoms with Crippen LogP contribution in [0.25, 0.3) is 5.65 Å². The van der Waals surface area contributed by atoms with Gasteiger partial charge in [-0.1, -0.05) is 0 Å². The van der Waals surface area contributed by atoms with Crippen LogP contribution in [0.1, 0.15) is 11.4 Å². The largest absolute Gasteiger partial charge is 0.311 e. The minimum absolute atomic E-state index is 0.773. The quantitative estimate of drug-likeness (QED) is 0.719. The second-order valence-corrected chi connectivity index (χ2v) is 5.37. The number of hydrogen-bond acceptors (Lipinski definition) is 4. The van der Waals surface area contributed by atoms with Gasteiger partial charge < -0.3 is 5.32 Å². The number of halogens is 1. The normalized spacial score (nSPS) is 11.3. The third kappa shape index (κ3) is 2.73. The third-order valence-electron chi connectivity index (χ3n) is 3.23. The molecule has 104 valence electrons. The number of nitrogens with zero attached hydrogens (tertiary/aromatic N) is 5. The van der Waals surface area contributed by atoms with E-state index in [1.807, 2.05) is 40.8 Å². The molecular formula is C13H15BrN6. The molecule has 0 unspecified atom stereocenters. The Kier molecular flexibility index (Phi) is 3.79. The predicted octanol–water partition coefficient (Wildman–Crippen LogP) is 1.56. The molecule has 0 spiro atoms. The van der Waals surface area contributed by atoms with Crippen LogP contribution in [0, 0.1) is 0 Å². The van der Waals surface area contributed by atoms with E-state index in [1.54, 1.807) is 6.20 Å². The van der Waals surface area contributed by atoms with Crippen LogP contribution >= 0.6 is 15.9 Å². The van der Waals surface area contributed by atoms with Crippen molar-refractivity contribution >= 4 is 21.6 Å². The standard InChI is InChI=1S/C13H15BrN6/c1-19-10(3-5-18-19)2-4-15-6-11-7-17-13-8-16-12(14)9-20(11)13/h3,5,7-9,15H,2,4,6H2,1H3. The van der Waals surface area contributed by atoms with E-state index in [1.165, 1.54) is 5.69 Å². The summed E-state index contributed by atoms with van der Waals surface area (Å²) in [6.45, 7) is 1.68. The summed E-state index contributed by atoms with van der Waals surface area (Å²) in [4.78, 5) is 8.49. The van der Waals surface area contributed by atoms with Crippen molar-refractivity contribution in [3.63, 3.8) is 0 Å². The predicted molar refractivity (Wildman–Crippen MR) is 79.3 cm³/mol. The SMILES string of the molecule is Cn1nccc1CCNCc1cnc2cnc(Br)cn12. The van der Waals surface area contributed by atoms with Crippen molar-refractivity contribution in [2.24, 2.45) is 7.05 Å². The van der Waals surface area contributed by atoms with Crippen molar-refractivity contribution in [1.29, 1.82) is 0 Å². The van der Waals surface area contributed by atoms with Gasteiger partial charge in [0.1, 0.15) is 4.60 Å². The molecule has 0 saturated carbocycles. The van der Waals surface area contributed by atoms with E-state index in [0.29, 0.717) is 0 Å². The molecule has 0 bridgehead atoms. The van der Waals surface area contributed by atoms with Gasteiger partial charge in [-0.25, -0.2) is 9.97 Å². The summed E-state index contributed by atoms with van der Waals surface area (Å²) in [7, 11) is 1.96. The first kappa shape index (κ1) is 13.3. The number of fused-ring (bicyclic) bond motifs is 1. The lowest BCUT2D eigenvalue weighted by Crippen LogP contribution is -2.18. The van der Waals surface area contributed by atoms with E-state index in [2.05, 4.69) is 36.3 Å². The maximum Gasteiger partial charge on any atom is 0.155 e. The van der Waals surface area contributed by atoms with Crippen molar-refractivity contribution in [3.05, 3.63) is 46.8 Å². The maximum atomic E-state index is 4.33. The van der Waals surface area contributed by atoms with E-state index in [-0.39, 0.29) is 0 Å². The average Bonchev–Trinajstić information content (AvgIpc) is 3.01. The second-order valence-electron chi connectivity index (χ2n) is 4.56. The molecule has 3 rings (SSSR count). The summed E-state index contributed by atoms with van der Waals surface area (Å²) in [6, 6.07) is 2.04. The Morgan fingerprint density at radius 1 is 1.25 bits per heavy atom. The molecule has 0 aromatic carbocycles. The molecule has 3 aromatic rings. The number of rotatable bonds is 5. The van der Waals surface area contributed by atoms with Crippen LogP contribution in [0.2, 0.25) is 0 Å². The molecule has 0 aliphatic carbocycles. The van der Waals surface area contributed by atoms with Gasteiger partial charge in [-0.3, -0.25) is 9.08 Å². The molecule has 6 nitrogen and oxygen atoms in total. The number of aryl methyl sites for hydroxylation is 1. The zero-order valence-electron chi connectivity index (χ0n) is 11.1. The van der Waals surface area contributed by atoms with E-state index < -0.39 is 0 Å². The zero-order valence-corrected chi connectivity index (χ0v) is 12.7. The lowest BCUT2D eigenvalue weighted by Gasteiger charge is -2.05. The van der Waals surface area contributed by atoms with Crippen molar-refractivity contribution in [2.45, 2.75) is 13.0 Å². The fourth-order valence-electron chi connectivity index (χ4n) is 2.13. The first-order chi connectivity index (χ1) is 9.74. The highest BCUT2D eigenvalue weighted by atomic mass is 79.9. The molecule has 0 aliphatic heterocycles. The summed E-state index contributed by atoms with van der Waals surface area (Å²) in [6.07, 6.45) is 8.34. The molecular weight excluding hydrogens is 320 g/mol. The van der Waals surface area contributed by atoms with Crippen molar-refractivity contribution in [2.75, 3.05) is 6.54 Å². The molecule has 0 aliphatic rings. The maximum absolute atomic E-state index is 4.33. The van der Waals surface area contributed by atoms with Crippen LogP contribution in [0.5, 0.6) is 0 Å². The molecule has 0 fully saturated rings. The lowest BCUT2D eigenvalue weighted by molar-refractivity contribution is 0.634. The van der Waals surface area contributed by atoms with Crippen molar-refractivity contribution in [3.8, 4) is 0 Å². The molecule has 0 amide bonds. The molecule has 1 N–H and O–H groups in total. The van der Waals surface area contributed by atoms with Gasteiger partial charge in [0.15, 0.2) is 5.65 Å². The molecule has 0 radical (unpaired) electrons. The van der Waals surface area contributed by atoms with Gasteiger partial charge in [-0.15, -0.1) is 0 Å². The number of nitrogens with one attached hydrogen (secondary N) is 1. The molecule has 7 heteroatoms. The van der Waals surface area contributed by atoms with Crippen molar-refractivity contribution < 1.29 is 0 Å². The highest BCUT2D eigenvalue weighted by Gasteiger charge is 2.04. The Morgan fingerprint density at radius 3 is 2.95 bits per heavy atom. The minimum Gasteiger partial charge on any atom is -0.311 e. The van der Waals surface area contributed by atoms with E-state index in [4.69, 9.17) is 0 Å². The zero-order chi connectivity index (χ0) is 13.9. The number of imidazole rings is 1. The van der Waals surface area contributed by atoms with Gasteiger partial charge in [0.05, 0.1) is 18.1 Å². The highest BCUT2D eigenvalue weighted by molar-refractivity contribution is 9.10. The minimum atomic E-state index is 0.773. The van der Waals surface area contributed by atoms with E-state index in [0.717, 1.165) is 35.5 Å². The van der Waals surface area contributed by atoms with Gasteiger partial charge in [0.25, 0.3) is 0 Å². The highest BCUT2D eigenvalue weighted by Crippen LogP contribution is 2.10. The summed E-state index contributed by atoms with van der Waals surface area (Å²) in [5.74, 6) is 0. The van der Waals surface area contributed by atoms with Crippen LogP contribution < -0.4 is 5.32 Å². The first-order valence-corrected chi connectivity index (χ1v) is 7.18. The lowest BCUT2D eigenvalue weighted by atomic mass is 10.3. The Morgan fingerprint density at radius 2 is 2.15 bits per heavy atom. The van der Waals surface area contributed by atoms with Gasteiger partial charge in [0.2, 0.25) is 0 Å². The smallest absolute Gasteiger partial charge is 0.155 e. The van der Waals surface area contributed by atoms with E-state index in [9.17, 15) is 0 Å². The first-order valence-electron chi connectivity index (χ1n) is 6.39. The molecule has 0 atom stereocenters. The van der Waals surface area contributed by atoms with Crippen LogP contribution in [0.3, 0.4) is 0 Å². The molecule has 20 heavy (non-hydrogen) atoms. The summed E-state index contributed by atoms with van der Waals surface area (Å²) in [5.41, 5.74) is 3.20. The monoisotopic (exact) mass is 334 g/mol. The number of aromatic nitrogens is 5. The molecule has 0 saturated heterocycles. The Bertz CT molecular complexity index is 717. The Balaban J connectivity index is 1.60. The average molecular weight is 335 g/mol. The molecule has 3 heterocycles. The summed E-state index contributed by atoms with van der Waals surface area (Å²) in [5, 5.41) is 7.59. The molecule has 3 aromatic heterocycles. The Labute approximate surface area is 125 Å². The van der Waals surface area contributed by atoms with Gasteiger partial charge in [0, 0.05) is 44.6 Å². The topological polar surface area (TPSA) is 60.0 Å². The van der Waals surface area contributed by atoms with Gasteiger partial charge >= 0.3 is 0 Å². The van der Waals surface area contributed by atoms with Crippen LogP contribution in [0.4, 0.5) is 0 Å². The fourth-order valence-corrected chi connectivity index (χ4v) is 2.43. The number of hydrogen-bond donors (Lipinski definition) is 1. The van der Waals surface area contributed by atoms with Gasteiger partial charge in [-0.05, 0) is 22.0 Å². The summed E-state index contributed by atoms with van der Waals surface area (Å²) >= 11 is 3.38. The Hall–Kier alpha value is -1.73. The van der Waals surface area contributed by atoms with Crippen LogP contribution in [-0.4, -0.2) is 30.7 Å². The van der Waals surface area contributed by atoms with E-state index >= 15 is 0 Å². The van der Waals surface area contributed by atoms with Crippen LogP contribution in [-0.2, 0) is 20.0 Å². The fraction of sp³-hybridized carbons (Fsp3) is 0.308. The van der Waals surface area contributed by atoms with Crippen molar-refractivity contribution in [1.82, 2.24) is 29.5 Å². The van der Waals surface area contributed by atoms with Gasteiger partial charge in [-0.2, -0.15) is 5.10 Å². The second kappa shape index (κ2) is 5.72.